The quantitative estimate of drug-likeness (QED) is 0.569. The summed E-state index contributed by atoms with van der Waals surface area (Å²) in [6, 6.07) is 8.07. The van der Waals surface area contributed by atoms with E-state index in [-0.39, 0.29) is 24.4 Å². The Kier molecular flexibility index (Phi) is 7.75. The van der Waals surface area contributed by atoms with Gasteiger partial charge in [-0.1, -0.05) is 45.0 Å². The SMILES string of the molecule is CCC(=O)OC[C@@H](N)NC(=O)C(C)c1ccc(CC(C)C)cc1. The third-order valence-corrected chi connectivity index (χ3v) is 3.56. The predicted octanol–water partition coefficient (Wildman–Crippen LogP) is 2.34. The van der Waals surface area contributed by atoms with Crippen LogP contribution in [0.1, 0.15) is 51.2 Å². The number of amides is 1. The van der Waals surface area contributed by atoms with Crippen LogP contribution in [-0.2, 0) is 20.7 Å². The van der Waals surface area contributed by atoms with E-state index in [4.69, 9.17) is 10.5 Å². The van der Waals surface area contributed by atoms with E-state index in [1.165, 1.54) is 5.56 Å². The van der Waals surface area contributed by atoms with E-state index in [0.717, 1.165) is 12.0 Å². The fraction of sp³-hybridized carbons (Fsp3) is 0.556. The number of hydrogen-bond acceptors (Lipinski definition) is 4. The molecule has 1 aromatic rings. The third-order valence-electron chi connectivity index (χ3n) is 3.56. The van der Waals surface area contributed by atoms with Crippen molar-refractivity contribution in [1.29, 1.82) is 0 Å². The first-order valence-corrected chi connectivity index (χ1v) is 8.13. The molecule has 5 heteroatoms. The van der Waals surface area contributed by atoms with Crippen molar-refractivity contribution in [1.82, 2.24) is 5.32 Å². The lowest BCUT2D eigenvalue weighted by Gasteiger charge is -2.18. The molecule has 1 unspecified atom stereocenters. The third kappa shape index (κ3) is 6.82. The van der Waals surface area contributed by atoms with Crippen molar-refractivity contribution in [2.45, 2.75) is 52.6 Å². The molecule has 0 aliphatic rings. The molecule has 0 heterocycles. The minimum atomic E-state index is -0.694. The molecule has 0 bridgehead atoms. The first-order chi connectivity index (χ1) is 10.8. The largest absolute Gasteiger partial charge is 0.462 e. The zero-order valence-corrected chi connectivity index (χ0v) is 14.5. The second-order valence-corrected chi connectivity index (χ2v) is 6.21. The lowest BCUT2D eigenvalue weighted by molar-refractivity contribution is -0.144. The summed E-state index contributed by atoms with van der Waals surface area (Å²) in [7, 11) is 0. The van der Waals surface area contributed by atoms with Crippen molar-refractivity contribution in [3.8, 4) is 0 Å². The molecule has 0 spiro atoms. The first kappa shape index (κ1) is 19.2. The van der Waals surface area contributed by atoms with Crippen molar-refractivity contribution in [3.63, 3.8) is 0 Å². The van der Waals surface area contributed by atoms with Crippen LogP contribution in [0.3, 0.4) is 0 Å². The van der Waals surface area contributed by atoms with E-state index in [1.807, 2.05) is 19.1 Å². The molecular formula is C18H28N2O3. The van der Waals surface area contributed by atoms with Gasteiger partial charge in [-0.2, -0.15) is 0 Å². The monoisotopic (exact) mass is 320 g/mol. The van der Waals surface area contributed by atoms with Gasteiger partial charge >= 0.3 is 5.97 Å². The van der Waals surface area contributed by atoms with Gasteiger partial charge in [0.25, 0.3) is 0 Å². The Morgan fingerprint density at radius 3 is 2.30 bits per heavy atom. The summed E-state index contributed by atoms with van der Waals surface area (Å²) in [6.07, 6.45) is 0.620. The number of nitrogens with two attached hydrogens (primary N) is 1. The standard InChI is InChI=1S/C18H28N2O3/c1-5-17(21)23-11-16(19)20-18(22)13(4)15-8-6-14(7-9-15)10-12(2)3/h6-9,12-13,16H,5,10-11,19H2,1-4H3,(H,20,22)/t13?,16-/m0/s1. The fourth-order valence-electron chi connectivity index (χ4n) is 2.20. The highest BCUT2D eigenvalue weighted by atomic mass is 16.5. The van der Waals surface area contributed by atoms with Crippen LogP contribution in [0.5, 0.6) is 0 Å². The van der Waals surface area contributed by atoms with Crippen LogP contribution in [-0.4, -0.2) is 24.6 Å². The maximum absolute atomic E-state index is 12.2. The molecule has 23 heavy (non-hydrogen) atoms. The Bertz CT molecular complexity index is 512. The number of ether oxygens (including phenoxy) is 1. The van der Waals surface area contributed by atoms with Crippen molar-refractivity contribution in [2.24, 2.45) is 11.7 Å². The molecule has 1 aromatic carbocycles. The van der Waals surface area contributed by atoms with Crippen molar-refractivity contribution in [2.75, 3.05) is 6.61 Å². The summed E-state index contributed by atoms with van der Waals surface area (Å²) in [4.78, 5) is 23.3. The highest BCUT2D eigenvalue weighted by Gasteiger charge is 2.18. The second-order valence-electron chi connectivity index (χ2n) is 6.21. The number of nitrogens with one attached hydrogen (secondary N) is 1. The van der Waals surface area contributed by atoms with Crippen LogP contribution in [0.25, 0.3) is 0 Å². The van der Waals surface area contributed by atoms with Gasteiger partial charge in [-0.05, 0) is 30.4 Å². The summed E-state index contributed by atoms with van der Waals surface area (Å²) < 4.78 is 4.91. The number of esters is 1. The number of benzene rings is 1. The molecule has 0 saturated heterocycles. The van der Waals surface area contributed by atoms with Gasteiger partial charge in [-0.15, -0.1) is 0 Å². The smallest absolute Gasteiger partial charge is 0.305 e. The predicted molar refractivity (Wildman–Crippen MR) is 90.8 cm³/mol. The summed E-state index contributed by atoms with van der Waals surface area (Å²) in [5, 5.41) is 2.67. The normalized spacial score (nSPS) is 13.5. The maximum atomic E-state index is 12.2. The summed E-state index contributed by atoms with van der Waals surface area (Å²) in [6.45, 7) is 7.88. The van der Waals surface area contributed by atoms with Gasteiger partial charge in [0, 0.05) is 6.42 Å². The average molecular weight is 320 g/mol. The minimum Gasteiger partial charge on any atom is -0.462 e. The van der Waals surface area contributed by atoms with Crippen LogP contribution in [0, 0.1) is 5.92 Å². The lowest BCUT2D eigenvalue weighted by atomic mass is 9.96. The maximum Gasteiger partial charge on any atom is 0.305 e. The Morgan fingerprint density at radius 2 is 1.78 bits per heavy atom. The van der Waals surface area contributed by atoms with Gasteiger partial charge in [-0.3, -0.25) is 9.59 Å². The van der Waals surface area contributed by atoms with Crippen molar-refractivity contribution in [3.05, 3.63) is 35.4 Å². The van der Waals surface area contributed by atoms with E-state index < -0.39 is 6.17 Å². The highest BCUT2D eigenvalue weighted by molar-refractivity contribution is 5.83. The van der Waals surface area contributed by atoms with Crippen LogP contribution >= 0.6 is 0 Å². The first-order valence-electron chi connectivity index (χ1n) is 8.13. The number of carbonyl (C=O) groups excluding carboxylic acids is 2. The number of carbonyl (C=O) groups is 2. The van der Waals surface area contributed by atoms with Crippen LogP contribution in [0.2, 0.25) is 0 Å². The molecule has 0 aromatic heterocycles. The lowest BCUT2D eigenvalue weighted by Crippen LogP contribution is -2.46. The van der Waals surface area contributed by atoms with Gasteiger partial charge in [0.15, 0.2) is 0 Å². The molecule has 5 nitrogen and oxygen atoms in total. The molecule has 0 saturated carbocycles. The van der Waals surface area contributed by atoms with E-state index in [1.54, 1.807) is 6.92 Å². The Labute approximate surface area is 138 Å². The van der Waals surface area contributed by atoms with E-state index >= 15 is 0 Å². The molecule has 3 N–H and O–H groups in total. The number of hydrogen-bond donors (Lipinski definition) is 2. The van der Waals surface area contributed by atoms with Crippen molar-refractivity contribution < 1.29 is 14.3 Å². The van der Waals surface area contributed by atoms with Crippen LogP contribution in [0.4, 0.5) is 0 Å². The molecule has 0 aliphatic carbocycles. The van der Waals surface area contributed by atoms with Gasteiger partial charge in [0.05, 0.1) is 5.92 Å². The highest BCUT2D eigenvalue weighted by Crippen LogP contribution is 2.17. The summed E-state index contributed by atoms with van der Waals surface area (Å²) >= 11 is 0. The van der Waals surface area contributed by atoms with Gasteiger partial charge in [0.1, 0.15) is 12.8 Å². The zero-order chi connectivity index (χ0) is 17.4. The van der Waals surface area contributed by atoms with Gasteiger partial charge < -0.3 is 15.8 Å². The van der Waals surface area contributed by atoms with Crippen molar-refractivity contribution >= 4 is 11.9 Å². The average Bonchev–Trinajstić information content (AvgIpc) is 2.52. The molecule has 0 fully saturated rings. The molecule has 2 atom stereocenters. The van der Waals surface area contributed by atoms with Gasteiger partial charge in [-0.25, -0.2) is 0 Å². The molecule has 1 amide bonds. The molecule has 1 rings (SSSR count). The number of rotatable bonds is 8. The second kappa shape index (κ2) is 9.30. The Hall–Kier alpha value is -1.88. The fourth-order valence-corrected chi connectivity index (χ4v) is 2.20. The summed E-state index contributed by atoms with van der Waals surface area (Å²) in [5.41, 5.74) is 7.96. The van der Waals surface area contributed by atoms with E-state index in [9.17, 15) is 9.59 Å². The van der Waals surface area contributed by atoms with Crippen LogP contribution in [0.15, 0.2) is 24.3 Å². The van der Waals surface area contributed by atoms with Crippen LogP contribution < -0.4 is 11.1 Å². The molecule has 0 aliphatic heterocycles. The summed E-state index contributed by atoms with van der Waals surface area (Å²) in [5.74, 6) is -0.216. The molecule has 128 valence electrons. The van der Waals surface area contributed by atoms with E-state index in [2.05, 4.69) is 31.3 Å². The Morgan fingerprint density at radius 1 is 1.17 bits per heavy atom. The Balaban J connectivity index is 2.53. The topological polar surface area (TPSA) is 81.4 Å². The van der Waals surface area contributed by atoms with Gasteiger partial charge in [0.2, 0.25) is 5.91 Å². The molecule has 0 radical (unpaired) electrons. The minimum absolute atomic E-state index is 0.0154. The zero-order valence-electron chi connectivity index (χ0n) is 14.5. The molecular weight excluding hydrogens is 292 g/mol. The van der Waals surface area contributed by atoms with E-state index in [0.29, 0.717) is 12.3 Å².